The Hall–Kier alpha value is -2.41. The van der Waals surface area contributed by atoms with E-state index in [-0.39, 0.29) is 0 Å². The van der Waals surface area contributed by atoms with Crippen LogP contribution in [0.5, 0.6) is 0 Å². The molecule has 0 unspecified atom stereocenters. The van der Waals surface area contributed by atoms with Gasteiger partial charge in [0.15, 0.2) is 0 Å². The summed E-state index contributed by atoms with van der Waals surface area (Å²) in [5, 5.41) is 0. The molecule has 1 heterocycles. The van der Waals surface area contributed by atoms with Gasteiger partial charge in [-0.3, -0.25) is 4.98 Å². The summed E-state index contributed by atoms with van der Waals surface area (Å²) in [7, 11) is 0. The molecule has 3 rings (SSSR count). The van der Waals surface area contributed by atoms with Crippen molar-refractivity contribution in [3.63, 3.8) is 0 Å². The van der Waals surface area contributed by atoms with Crippen LogP contribution >= 0.6 is 0 Å². The van der Waals surface area contributed by atoms with E-state index in [9.17, 15) is 0 Å². The summed E-state index contributed by atoms with van der Waals surface area (Å²) < 4.78 is 0. The largest absolute Gasteiger partial charge is 0.265 e. The zero-order valence-corrected chi connectivity index (χ0v) is 14.1. The van der Waals surface area contributed by atoms with Gasteiger partial charge in [-0.1, -0.05) is 69.3 Å². The van der Waals surface area contributed by atoms with Crippen LogP contribution in [0.15, 0.2) is 73.1 Å². The fourth-order valence-electron chi connectivity index (χ4n) is 2.83. The summed E-state index contributed by atoms with van der Waals surface area (Å²) in [6.45, 7) is 6.83. The second-order valence-corrected chi connectivity index (χ2v) is 7.25. The molecule has 0 fully saturated rings. The molecular weight excluding hydrogens is 278 g/mol. The first-order chi connectivity index (χ1) is 11.0. The van der Waals surface area contributed by atoms with Gasteiger partial charge in [-0.05, 0) is 51.8 Å². The standard InChI is InChI=1S/C22H23N/c1-22(2,3)16-17-4-6-18(7-5-17)19-8-10-20(11-9-19)21-12-14-23-15-13-21/h4-15H,16H2,1-3H3. The molecular formula is C22H23N. The highest BCUT2D eigenvalue weighted by molar-refractivity contribution is 5.70. The van der Waals surface area contributed by atoms with Crippen molar-refractivity contribution in [2.45, 2.75) is 27.2 Å². The predicted octanol–water partition coefficient (Wildman–Crippen LogP) is 6.00. The maximum Gasteiger partial charge on any atom is 0.0273 e. The van der Waals surface area contributed by atoms with Crippen LogP contribution in [-0.4, -0.2) is 4.98 Å². The first kappa shape index (κ1) is 15.5. The highest BCUT2D eigenvalue weighted by Crippen LogP contribution is 2.26. The van der Waals surface area contributed by atoms with Crippen molar-refractivity contribution in [3.05, 3.63) is 78.6 Å². The molecule has 0 radical (unpaired) electrons. The molecule has 2 aromatic carbocycles. The fraction of sp³-hybridized carbons (Fsp3) is 0.227. The number of benzene rings is 2. The van der Waals surface area contributed by atoms with E-state index in [0.29, 0.717) is 5.41 Å². The lowest BCUT2D eigenvalue weighted by Crippen LogP contribution is -2.08. The lowest BCUT2D eigenvalue weighted by atomic mass is 9.87. The molecule has 0 N–H and O–H groups in total. The van der Waals surface area contributed by atoms with Crippen LogP contribution in [0.1, 0.15) is 26.3 Å². The molecule has 3 aromatic rings. The average Bonchev–Trinajstić information content (AvgIpc) is 2.55. The van der Waals surface area contributed by atoms with Gasteiger partial charge in [0.25, 0.3) is 0 Å². The van der Waals surface area contributed by atoms with Crippen LogP contribution < -0.4 is 0 Å². The van der Waals surface area contributed by atoms with Gasteiger partial charge in [0, 0.05) is 12.4 Å². The summed E-state index contributed by atoms with van der Waals surface area (Å²) in [4.78, 5) is 4.07. The van der Waals surface area contributed by atoms with Gasteiger partial charge in [0.05, 0.1) is 0 Å². The van der Waals surface area contributed by atoms with E-state index in [1.807, 2.05) is 24.5 Å². The maximum absolute atomic E-state index is 4.07. The van der Waals surface area contributed by atoms with Crippen molar-refractivity contribution in [2.24, 2.45) is 5.41 Å². The van der Waals surface area contributed by atoms with Crippen LogP contribution in [0.2, 0.25) is 0 Å². The minimum Gasteiger partial charge on any atom is -0.265 e. The monoisotopic (exact) mass is 301 g/mol. The molecule has 0 atom stereocenters. The highest BCUT2D eigenvalue weighted by Gasteiger charge is 2.11. The smallest absolute Gasteiger partial charge is 0.0273 e. The van der Waals surface area contributed by atoms with E-state index in [0.717, 1.165) is 6.42 Å². The van der Waals surface area contributed by atoms with Crippen LogP contribution in [0, 0.1) is 5.41 Å². The number of aromatic nitrogens is 1. The lowest BCUT2D eigenvalue weighted by Gasteiger charge is -2.18. The normalized spacial score (nSPS) is 11.4. The van der Waals surface area contributed by atoms with E-state index in [2.05, 4.69) is 74.3 Å². The number of nitrogens with zero attached hydrogens (tertiary/aromatic N) is 1. The third-order valence-corrected chi connectivity index (χ3v) is 3.92. The Morgan fingerprint density at radius 2 is 1.00 bits per heavy atom. The van der Waals surface area contributed by atoms with Crippen molar-refractivity contribution in [3.8, 4) is 22.3 Å². The summed E-state index contributed by atoms with van der Waals surface area (Å²) in [6, 6.07) is 21.7. The van der Waals surface area contributed by atoms with Crippen LogP contribution in [0.25, 0.3) is 22.3 Å². The van der Waals surface area contributed by atoms with Gasteiger partial charge in [-0.25, -0.2) is 0 Å². The van der Waals surface area contributed by atoms with E-state index < -0.39 is 0 Å². The molecule has 0 aliphatic rings. The second-order valence-electron chi connectivity index (χ2n) is 7.25. The molecule has 0 bridgehead atoms. The Kier molecular flexibility index (Phi) is 4.29. The third-order valence-electron chi connectivity index (χ3n) is 3.92. The predicted molar refractivity (Wildman–Crippen MR) is 98.3 cm³/mol. The zero-order valence-electron chi connectivity index (χ0n) is 14.1. The zero-order chi connectivity index (χ0) is 16.3. The minimum absolute atomic E-state index is 0.327. The Labute approximate surface area is 139 Å². The first-order valence-corrected chi connectivity index (χ1v) is 8.11. The van der Waals surface area contributed by atoms with Crippen molar-refractivity contribution < 1.29 is 0 Å². The topological polar surface area (TPSA) is 12.9 Å². The third kappa shape index (κ3) is 4.07. The quantitative estimate of drug-likeness (QED) is 0.577. The molecule has 0 amide bonds. The number of rotatable bonds is 3. The van der Waals surface area contributed by atoms with Gasteiger partial charge in [0.2, 0.25) is 0 Å². The van der Waals surface area contributed by atoms with E-state index in [4.69, 9.17) is 0 Å². The SMILES string of the molecule is CC(C)(C)Cc1ccc(-c2ccc(-c3ccncc3)cc2)cc1. The van der Waals surface area contributed by atoms with Crippen LogP contribution in [0.4, 0.5) is 0 Å². The molecule has 0 aliphatic heterocycles. The Balaban J connectivity index is 1.80. The molecule has 23 heavy (non-hydrogen) atoms. The molecule has 0 saturated heterocycles. The van der Waals surface area contributed by atoms with Gasteiger partial charge >= 0.3 is 0 Å². The number of pyridine rings is 1. The maximum atomic E-state index is 4.07. The summed E-state index contributed by atoms with van der Waals surface area (Å²) in [5.74, 6) is 0. The Morgan fingerprint density at radius 3 is 1.43 bits per heavy atom. The highest BCUT2D eigenvalue weighted by atomic mass is 14.6. The molecule has 116 valence electrons. The fourth-order valence-corrected chi connectivity index (χ4v) is 2.83. The molecule has 1 heteroatoms. The van der Waals surface area contributed by atoms with Crippen molar-refractivity contribution in [2.75, 3.05) is 0 Å². The van der Waals surface area contributed by atoms with Crippen molar-refractivity contribution in [1.29, 1.82) is 0 Å². The molecule has 0 saturated carbocycles. The second kappa shape index (κ2) is 6.37. The summed E-state index contributed by atoms with van der Waals surface area (Å²) in [5.41, 5.74) is 6.67. The van der Waals surface area contributed by atoms with Gasteiger partial charge in [-0.15, -0.1) is 0 Å². The summed E-state index contributed by atoms with van der Waals surface area (Å²) in [6.07, 6.45) is 4.77. The molecule has 0 aliphatic carbocycles. The minimum atomic E-state index is 0.327. The lowest BCUT2D eigenvalue weighted by molar-refractivity contribution is 0.411. The van der Waals surface area contributed by atoms with Crippen LogP contribution in [0.3, 0.4) is 0 Å². The average molecular weight is 301 g/mol. The number of hydrogen-bond acceptors (Lipinski definition) is 1. The van der Waals surface area contributed by atoms with Crippen LogP contribution in [-0.2, 0) is 6.42 Å². The Morgan fingerprint density at radius 1 is 0.609 bits per heavy atom. The van der Waals surface area contributed by atoms with Crippen molar-refractivity contribution >= 4 is 0 Å². The molecule has 1 aromatic heterocycles. The van der Waals surface area contributed by atoms with E-state index in [1.165, 1.54) is 27.8 Å². The Bertz CT molecular complexity index is 748. The van der Waals surface area contributed by atoms with E-state index >= 15 is 0 Å². The van der Waals surface area contributed by atoms with E-state index in [1.54, 1.807) is 0 Å². The van der Waals surface area contributed by atoms with Gasteiger partial charge in [-0.2, -0.15) is 0 Å². The molecule has 0 spiro atoms. The molecule has 1 nitrogen and oxygen atoms in total. The first-order valence-electron chi connectivity index (χ1n) is 8.11. The van der Waals surface area contributed by atoms with Gasteiger partial charge in [0.1, 0.15) is 0 Å². The van der Waals surface area contributed by atoms with Crippen molar-refractivity contribution in [1.82, 2.24) is 4.98 Å². The summed E-state index contributed by atoms with van der Waals surface area (Å²) >= 11 is 0. The number of hydrogen-bond donors (Lipinski definition) is 0. The van der Waals surface area contributed by atoms with Gasteiger partial charge < -0.3 is 0 Å².